The molecular weight excluding hydrogens is 374 g/mol. The van der Waals surface area contributed by atoms with E-state index in [-0.39, 0.29) is 11.8 Å². The summed E-state index contributed by atoms with van der Waals surface area (Å²) in [4.78, 5) is 1.55. The number of nitrogens with one attached hydrogen (secondary N) is 1. The molecule has 3 aliphatic rings. The molecule has 0 amide bonds. The summed E-state index contributed by atoms with van der Waals surface area (Å²) < 4.78 is 11.9. The summed E-state index contributed by atoms with van der Waals surface area (Å²) in [5.41, 5.74) is 3.00. The number of hydrazone groups is 1. The first-order chi connectivity index (χ1) is 13.6. The van der Waals surface area contributed by atoms with Crippen molar-refractivity contribution in [3.63, 3.8) is 0 Å². The smallest absolute Gasteiger partial charge is 0.208 e. The van der Waals surface area contributed by atoms with E-state index in [0.29, 0.717) is 0 Å². The van der Waals surface area contributed by atoms with Gasteiger partial charge in [-0.1, -0.05) is 11.6 Å². The molecule has 2 aromatic carbocycles. The molecule has 1 saturated heterocycles. The average Bonchev–Trinajstić information content (AvgIpc) is 3.18. The van der Waals surface area contributed by atoms with E-state index in [4.69, 9.17) is 26.2 Å². The third-order valence-corrected chi connectivity index (χ3v) is 6.50. The molecule has 0 saturated carbocycles. The van der Waals surface area contributed by atoms with Crippen molar-refractivity contribution in [1.29, 1.82) is 0 Å². The number of nitrogens with zero attached hydrogens (tertiary/aromatic N) is 2. The fourth-order valence-corrected chi connectivity index (χ4v) is 4.79. The van der Waals surface area contributed by atoms with Crippen LogP contribution in [0.1, 0.15) is 36.4 Å². The number of halogens is 1. The number of methoxy groups -OCH3 is 1. The highest BCUT2D eigenvalue weighted by atomic mass is 35.5. The van der Waals surface area contributed by atoms with Gasteiger partial charge >= 0.3 is 0 Å². The van der Waals surface area contributed by atoms with Crippen molar-refractivity contribution in [2.24, 2.45) is 5.10 Å². The van der Waals surface area contributed by atoms with Crippen molar-refractivity contribution >= 4 is 17.3 Å². The molecule has 0 radical (unpaired) electrons. The van der Waals surface area contributed by atoms with Crippen LogP contribution in [-0.2, 0) is 0 Å². The predicted octanol–water partition coefficient (Wildman–Crippen LogP) is 2.90. The second kappa shape index (κ2) is 6.68. The van der Waals surface area contributed by atoms with Gasteiger partial charge in [0.25, 0.3) is 0 Å². The third-order valence-electron chi connectivity index (χ3n) is 6.27. The van der Waals surface area contributed by atoms with Gasteiger partial charge in [0.2, 0.25) is 5.72 Å². The first-order valence-corrected chi connectivity index (χ1v) is 10.3. The topological polar surface area (TPSA) is 38.5 Å². The fraction of sp³-hybridized carbons (Fsp3) is 0.409. The summed E-state index contributed by atoms with van der Waals surface area (Å²) in [5.74, 6) is 1.81. The van der Waals surface area contributed by atoms with Crippen LogP contribution in [0.5, 0.6) is 11.5 Å². The van der Waals surface area contributed by atoms with E-state index >= 15 is 0 Å². The molecule has 3 aliphatic heterocycles. The molecule has 1 fully saturated rings. The second-order valence-corrected chi connectivity index (χ2v) is 8.46. The van der Waals surface area contributed by atoms with Gasteiger partial charge in [0.1, 0.15) is 11.5 Å². The Morgan fingerprint density at radius 3 is 2.64 bits per heavy atom. The quantitative estimate of drug-likeness (QED) is 0.845. The molecule has 0 bridgehead atoms. The molecule has 5 rings (SSSR count). The first kappa shape index (κ1) is 17.8. The van der Waals surface area contributed by atoms with Crippen molar-refractivity contribution in [3.05, 3.63) is 58.6 Å². The predicted molar refractivity (Wildman–Crippen MR) is 109 cm³/mol. The maximum absolute atomic E-state index is 6.63. The molecule has 2 aromatic rings. The van der Waals surface area contributed by atoms with Gasteiger partial charge in [-0.25, -0.2) is 5.01 Å². The maximum atomic E-state index is 6.63. The summed E-state index contributed by atoms with van der Waals surface area (Å²) in [5, 5.41) is 8.07. The van der Waals surface area contributed by atoms with E-state index in [1.54, 1.807) is 12.0 Å². The van der Waals surface area contributed by atoms with E-state index in [1.165, 1.54) is 0 Å². The number of quaternary nitrogens is 1. The number of likely N-dealkylation sites (tertiary alicyclic amines) is 1. The summed E-state index contributed by atoms with van der Waals surface area (Å²) in [6.45, 7) is 2.17. The Labute approximate surface area is 170 Å². The van der Waals surface area contributed by atoms with Crippen LogP contribution in [0.3, 0.4) is 0 Å². The fourth-order valence-electron chi connectivity index (χ4n) is 4.61. The van der Waals surface area contributed by atoms with E-state index in [9.17, 15) is 0 Å². The number of benzene rings is 2. The Morgan fingerprint density at radius 1 is 1.18 bits per heavy atom. The van der Waals surface area contributed by atoms with E-state index in [0.717, 1.165) is 65.7 Å². The van der Waals surface area contributed by atoms with Gasteiger partial charge in [0.05, 0.1) is 51.8 Å². The number of hydrogen-bond donors (Lipinski definition) is 1. The Morgan fingerprint density at radius 2 is 1.93 bits per heavy atom. The zero-order valence-corrected chi connectivity index (χ0v) is 17.0. The van der Waals surface area contributed by atoms with Gasteiger partial charge < -0.3 is 14.4 Å². The lowest BCUT2D eigenvalue weighted by Gasteiger charge is -2.49. The Balaban J connectivity index is 1.56. The Bertz CT molecular complexity index is 920. The van der Waals surface area contributed by atoms with Crippen LogP contribution in [0.4, 0.5) is 0 Å². The van der Waals surface area contributed by atoms with Gasteiger partial charge in [-0.15, -0.1) is 0 Å². The number of rotatable bonds is 2. The number of ether oxygens (including phenoxy) is 2. The SMILES string of the molecule is COc1ccc(C2=NN3[C@@H](C2)c2cc(Cl)ccc2OC32CC[NH+](C)CC2)cc1. The number of piperidine rings is 1. The minimum atomic E-state index is -0.362. The molecule has 1 spiro atoms. The molecule has 28 heavy (non-hydrogen) atoms. The lowest BCUT2D eigenvalue weighted by Crippen LogP contribution is -3.11. The second-order valence-electron chi connectivity index (χ2n) is 8.03. The number of fused-ring (bicyclic) bond motifs is 4. The first-order valence-electron chi connectivity index (χ1n) is 9.89. The van der Waals surface area contributed by atoms with Gasteiger partial charge in [-0.05, 0) is 48.0 Å². The summed E-state index contributed by atoms with van der Waals surface area (Å²) >= 11 is 6.32. The standard InChI is InChI=1S/C22H24ClN3O2/c1-25-11-9-22(10-12-25)26-20(18-13-16(23)5-8-21(18)28-22)14-19(24-26)15-3-6-17(27-2)7-4-15/h3-8,13,20H,9-12,14H2,1-2H3/p+1/t20-/m0/s1. The normalized spacial score (nSPS) is 28.4. The van der Waals surface area contributed by atoms with Crippen LogP contribution in [-0.4, -0.2) is 43.7 Å². The zero-order valence-electron chi connectivity index (χ0n) is 16.2. The Hall–Kier alpha value is -2.24. The molecule has 0 unspecified atom stereocenters. The van der Waals surface area contributed by atoms with Crippen molar-refractivity contribution < 1.29 is 14.4 Å². The molecule has 146 valence electrons. The number of hydrogen-bond acceptors (Lipinski definition) is 4. The lowest BCUT2D eigenvalue weighted by molar-refractivity contribution is -0.888. The summed E-state index contributed by atoms with van der Waals surface area (Å²) in [6, 6.07) is 14.3. The minimum Gasteiger partial charge on any atom is -0.497 e. The molecule has 1 atom stereocenters. The van der Waals surface area contributed by atoms with Gasteiger partial charge in [-0.2, -0.15) is 5.10 Å². The molecule has 5 nitrogen and oxygen atoms in total. The van der Waals surface area contributed by atoms with Crippen LogP contribution in [0.25, 0.3) is 0 Å². The lowest BCUT2D eigenvalue weighted by atomic mass is 9.91. The highest BCUT2D eigenvalue weighted by Crippen LogP contribution is 2.49. The van der Waals surface area contributed by atoms with Crippen molar-refractivity contribution in [2.45, 2.75) is 31.0 Å². The van der Waals surface area contributed by atoms with Gasteiger partial charge in [0.15, 0.2) is 0 Å². The molecule has 0 aliphatic carbocycles. The average molecular weight is 399 g/mol. The molecule has 3 heterocycles. The van der Waals surface area contributed by atoms with Crippen molar-refractivity contribution in [1.82, 2.24) is 5.01 Å². The molecule has 0 aromatic heterocycles. The molecular formula is C22H25ClN3O2+. The maximum Gasteiger partial charge on any atom is 0.208 e. The van der Waals surface area contributed by atoms with E-state index in [1.807, 2.05) is 30.3 Å². The highest BCUT2D eigenvalue weighted by molar-refractivity contribution is 6.30. The van der Waals surface area contributed by atoms with Crippen LogP contribution in [0.15, 0.2) is 47.6 Å². The van der Waals surface area contributed by atoms with Crippen LogP contribution >= 0.6 is 11.6 Å². The summed E-state index contributed by atoms with van der Waals surface area (Å²) in [7, 11) is 3.93. The third kappa shape index (κ3) is 2.85. The van der Waals surface area contributed by atoms with Crippen LogP contribution in [0, 0.1) is 0 Å². The molecule has 1 N–H and O–H groups in total. The van der Waals surface area contributed by atoms with E-state index in [2.05, 4.69) is 24.2 Å². The van der Waals surface area contributed by atoms with Crippen LogP contribution < -0.4 is 14.4 Å². The van der Waals surface area contributed by atoms with E-state index < -0.39 is 0 Å². The molecule has 6 heteroatoms. The highest BCUT2D eigenvalue weighted by Gasteiger charge is 2.52. The minimum absolute atomic E-state index is 0.165. The van der Waals surface area contributed by atoms with Gasteiger partial charge in [-0.3, -0.25) is 0 Å². The van der Waals surface area contributed by atoms with Crippen LogP contribution in [0.2, 0.25) is 5.02 Å². The Kier molecular flexibility index (Phi) is 4.25. The summed E-state index contributed by atoms with van der Waals surface area (Å²) in [6.07, 6.45) is 2.79. The monoisotopic (exact) mass is 398 g/mol. The largest absolute Gasteiger partial charge is 0.497 e. The van der Waals surface area contributed by atoms with Crippen molar-refractivity contribution in [3.8, 4) is 11.5 Å². The zero-order chi connectivity index (χ0) is 19.3. The van der Waals surface area contributed by atoms with Gasteiger partial charge in [0, 0.05) is 17.0 Å². The van der Waals surface area contributed by atoms with Crippen molar-refractivity contribution in [2.75, 3.05) is 27.2 Å².